The summed E-state index contributed by atoms with van der Waals surface area (Å²) < 4.78 is 15.7. The summed E-state index contributed by atoms with van der Waals surface area (Å²) in [7, 11) is 3.21. The third-order valence-corrected chi connectivity index (χ3v) is 3.21. The number of hydrogen-bond acceptors (Lipinski definition) is 6. The molecule has 0 amide bonds. The van der Waals surface area contributed by atoms with Gasteiger partial charge in [0.05, 0.1) is 20.1 Å². The van der Waals surface area contributed by atoms with Crippen molar-refractivity contribution < 1.29 is 14.0 Å². The van der Waals surface area contributed by atoms with Crippen molar-refractivity contribution in [2.45, 2.75) is 5.92 Å². The lowest BCUT2D eigenvalue weighted by molar-refractivity contribution is 0.308. The summed E-state index contributed by atoms with van der Waals surface area (Å²) in [5.41, 5.74) is 0.847. The van der Waals surface area contributed by atoms with E-state index in [2.05, 4.69) is 15.5 Å². The molecule has 0 aliphatic carbocycles. The van der Waals surface area contributed by atoms with Crippen LogP contribution in [-0.4, -0.2) is 37.4 Å². The number of nitrogens with one attached hydrogen (secondary N) is 1. The van der Waals surface area contributed by atoms with Gasteiger partial charge in [0.1, 0.15) is 0 Å². The van der Waals surface area contributed by atoms with Gasteiger partial charge < -0.3 is 19.3 Å². The quantitative estimate of drug-likeness (QED) is 0.929. The molecule has 1 saturated heterocycles. The lowest BCUT2D eigenvalue weighted by Crippen LogP contribution is -2.40. The molecule has 108 valence electrons. The largest absolute Gasteiger partial charge is 0.493 e. The minimum absolute atomic E-state index is 0. The highest BCUT2D eigenvalue weighted by atomic mass is 35.5. The molecule has 0 bridgehead atoms. The van der Waals surface area contributed by atoms with Crippen LogP contribution in [0.2, 0.25) is 0 Å². The average molecular weight is 298 g/mol. The summed E-state index contributed by atoms with van der Waals surface area (Å²) in [5, 5.41) is 7.19. The van der Waals surface area contributed by atoms with Crippen LogP contribution in [0.15, 0.2) is 22.7 Å². The van der Waals surface area contributed by atoms with Crippen LogP contribution in [-0.2, 0) is 0 Å². The minimum Gasteiger partial charge on any atom is -0.493 e. The third-order valence-electron chi connectivity index (χ3n) is 3.21. The van der Waals surface area contributed by atoms with Crippen LogP contribution < -0.4 is 14.8 Å². The Labute approximate surface area is 122 Å². The minimum atomic E-state index is 0. The summed E-state index contributed by atoms with van der Waals surface area (Å²) in [6.07, 6.45) is 0. The van der Waals surface area contributed by atoms with E-state index in [1.807, 2.05) is 18.2 Å². The summed E-state index contributed by atoms with van der Waals surface area (Å²) in [6.45, 7) is 1.79. The normalized spacial score (nSPS) is 14.3. The molecule has 1 aromatic heterocycles. The smallest absolute Gasteiger partial charge is 0.232 e. The number of halogens is 1. The zero-order chi connectivity index (χ0) is 13.2. The van der Waals surface area contributed by atoms with Crippen LogP contribution in [0.1, 0.15) is 11.8 Å². The second kappa shape index (κ2) is 6.11. The molecule has 20 heavy (non-hydrogen) atoms. The Morgan fingerprint density at radius 2 is 1.95 bits per heavy atom. The predicted molar refractivity (Wildman–Crippen MR) is 75.7 cm³/mol. The van der Waals surface area contributed by atoms with Crippen molar-refractivity contribution in [2.75, 3.05) is 27.3 Å². The summed E-state index contributed by atoms with van der Waals surface area (Å²) in [5.74, 6) is 2.92. The van der Waals surface area contributed by atoms with E-state index in [9.17, 15) is 0 Å². The van der Waals surface area contributed by atoms with Crippen molar-refractivity contribution in [2.24, 2.45) is 0 Å². The summed E-state index contributed by atoms with van der Waals surface area (Å²) in [4.78, 5) is 4.42. The molecular weight excluding hydrogens is 282 g/mol. The van der Waals surface area contributed by atoms with Gasteiger partial charge in [0.15, 0.2) is 11.5 Å². The lowest BCUT2D eigenvalue weighted by atomic mass is 10.0. The van der Waals surface area contributed by atoms with Gasteiger partial charge in [-0.15, -0.1) is 12.4 Å². The second-order valence-electron chi connectivity index (χ2n) is 4.38. The number of rotatable bonds is 4. The van der Waals surface area contributed by atoms with Gasteiger partial charge in [-0.25, -0.2) is 0 Å². The molecule has 1 aromatic carbocycles. The molecule has 0 radical (unpaired) electrons. The second-order valence-corrected chi connectivity index (χ2v) is 4.38. The first-order valence-corrected chi connectivity index (χ1v) is 6.08. The third kappa shape index (κ3) is 2.57. The number of ether oxygens (including phenoxy) is 2. The molecule has 7 heteroatoms. The van der Waals surface area contributed by atoms with Gasteiger partial charge in [0, 0.05) is 18.7 Å². The fraction of sp³-hybridized carbons (Fsp3) is 0.385. The highest BCUT2D eigenvalue weighted by Gasteiger charge is 2.25. The summed E-state index contributed by atoms with van der Waals surface area (Å²) in [6, 6.07) is 5.55. The standard InChI is InChI=1S/C13H15N3O3.ClH/c1-17-10-4-3-8(5-11(10)18-2)12-15-13(19-16-12)9-6-14-7-9;/h3-5,9,14H,6-7H2,1-2H3;1H. The lowest BCUT2D eigenvalue weighted by Gasteiger charge is -2.22. The molecule has 6 nitrogen and oxygen atoms in total. The van der Waals surface area contributed by atoms with Gasteiger partial charge in [0.2, 0.25) is 11.7 Å². The number of aromatic nitrogens is 2. The Morgan fingerprint density at radius 1 is 1.20 bits per heavy atom. The van der Waals surface area contributed by atoms with E-state index in [0.29, 0.717) is 29.1 Å². The van der Waals surface area contributed by atoms with Gasteiger partial charge in [-0.1, -0.05) is 5.16 Å². The molecular formula is C13H16ClN3O3. The van der Waals surface area contributed by atoms with Crippen LogP contribution in [0.4, 0.5) is 0 Å². The molecule has 1 aliphatic heterocycles. The van der Waals surface area contributed by atoms with Crippen molar-refractivity contribution in [1.82, 2.24) is 15.5 Å². The Morgan fingerprint density at radius 3 is 2.55 bits per heavy atom. The molecule has 0 saturated carbocycles. The van der Waals surface area contributed by atoms with Crippen molar-refractivity contribution in [3.8, 4) is 22.9 Å². The van der Waals surface area contributed by atoms with E-state index < -0.39 is 0 Å². The Hall–Kier alpha value is -1.79. The number of methoxy groups -OCH3 is 2. The average Bonchev–Trinajstić information content (AvgIpc) is 2.85. The first-order valence-electron chi connectivity index (χ1n) is 6.08. The van der Waals surface area contributed by atoms with Crippen molar-refractivity contribution >= 4 is 12.4 Å². The van der Waals surface area contributed by atoms with E-state index in [-0.39, 0.29) is 12.4 Å². The van der Waals surface area contributed by atoms with Crippen molar-refractivity contribution in [1.29, 1.82) is 0 Å². The maximum Gasteiger partial charge on any atom is 0.232 e. The number of hydrogen-bond donors (Lipinski definition) is 1. The van der Waals surface area contributed by atoms with Crippen LogP contribution in [0, 0.1) is 0 Å². The Bertz CT molecular complexity index is 584. The van der Waals surface area contributed by atoms with Gasteiger partial charge in [-0.05, 0) is 18.2 Å². The first kappa shape index (κ1) is 14.6. The van der Waals surface area contributed by atoms with Gasteiger partial charge in [-0.3, -0.25) is 0 Å². The molecule has 1 N–H and O–H groups in total. The van der Waals surface area contributed by atoms with E-state index in [1.54, 1.807) is 14.2 Å². The highest BCUT2D eigenvalue weighted by Crippen LogP contribution is 2.31. The topological polar surface area (TPSA) is 69.4 Å². The van der Waals surface area contributed by atoms with Crippen LogP contribution in [0.5, 0.6) is 11.5 Å². The molecule has 0 unspecified atom stereocenters. The van der Waals surface area contributed by atoms with Crippen molar-refractivity contribution in [3.63, 3.8) is 0 Å². The van der Waals surface area contributed by atoms with Gasteiger partial charge >= 0.3 is 0 Å². The van der Waals surface area contributed by atoms with E-state index in [0.717, 1.165) is 18.7 Å². The number of benzene rings is 1. The Balaban J connectivity index is 0.00000147. The van der Waals surface area contributed by atoms with Gasteiger partial charge in [-0.2, -0.15) is 4.98 Å². The van der Waals surface area contributed by atoms with E-state index in [1.165, 1.54) is 0 Å². The van der Waals surface area contributed by atoms with Crippen molar-refractivity contribution in [3.05, 3.63) is 24.1 Å². The summed E-state index contributed by atoms with van der Waals surface area (Å²) >= 11 is 0. The molecule has 3 rings (SSSR count). The highest BCUT2D eigenvalue weighted by molar-refractivity contribution is 5.85. The maximum absolute atomic E-state index is 5.28. The van der Waals surface area contributed by atoms with Crippen LogP contribution in [0.25, 0.3) is 11.4 Å². The zero-order valence-electron chi connectivity index (χ0n) is 11.3. The molecule has 2 aromatic rings. The number of nitrogens with zero attached hydrogens (tertiary/aromatic N) is 2. The first-order chi connectivity index (χ1) is 9.31. The predicted octanol–water partition coefficient (Wildman–Crippen LogP) is 1.86. The van der Waals surface area contributed by atoms with Crippen LogP contribution >= 0.6 is 12.4 Å². The molecule has 1 aliphatic rings. The molecule has 2 heterocycles. The van der Waals surface area contributed by atoms with Gasteiger partial charge in [0.25, 0.3) is 0 Å². The Kier molecular flexibility index (Phi) is 4.46. The fourth-order valence-electron chi connectivity index (χ4n) is 1.96. The monoisotopic (exact) mass is 297 g/mol. The molecule has 0 atom stereocenters. The van der Waals surface area contributed by atoms with E-state index >= 15 is 0 Å². The maximum atomic E-state index is 5.28. The van der Waals surface area contributed by atoms with E-state index in [4.69, 9.17) is 14.0 Å². The molecule has 1 fully saturated rings. The fourth-order valence-corrected chi connectivity index (χ4v) is 1.96. The van der Waals surface area contributed by atoms with Crippen LogP contribution in [0.3, 0.4) is 0 Å². The SMILES string of the molecule is COc1ccc(-c2noc(C3CNC3)n2)cc1OC.Cl. The molecule has 0 spiro atoms. The zero-order valence-corrected chi connectivity index (χ0v) is 12.1.